The number of hydrogen-bond donors (Lipinski definition) is 1. The van der Waals surface area contributed by atoms with Crippen LogP contribution in [0.15, 0.2) is 22.6 Å². The van der Waals surface area contributed by atoms with E-state index in [9.17, 15) is 4.79 Å². The van der Waals surface area contributed by atoms with Crippen LogP contribution < -0.4 is 10.2 Å². The number of nitrogens with one attached hydrogen (secondary N) is 1. The molecule has 0 saturated carbocycles. The second-order valence-corrected chi connectivity index (χ2v) is 8.53. The predicted molar refractivity (Wildman–Crippen MR) is 114 cm³/mol. The van der Waals surface area contributed by atoms with E-state index in [1.807, 2.05) is 18.2 Å². The first-order chi connectivity index (χ1) is 13.6. The molecule has 1 amide bonds. The van der Waals surface area contributed by atoms with Crippen LogP contribution in [0.25, 0.3) is 11.1 Å². The number of halogens is 1. The summed E-state index contributed by atoms with van der Waals surface area (Å²) >= 11 is 0. The van der Waals surface area contributed by atoms with Gasteiger partial charge in [-0.2, -0.15) is 4.98 Å². The number of anilines is 1. The maximum absolute atomic E-state index is 13.0. The quantitative estimate of drug-likeness (QED) is 0.823. The van der Waals surface area contributed by atoms with E-state index >= 15 is 0 Å². The SMILES string of the molecule is C[C@@H]1CN(c2nc3c(C(=O)N[C@@H]4CN5CCC4CC5)cccc3o2)C[C@H](C)O1.Cl. The Morgan fingerprint density at radius 1 is 1.14 bits per heavy atom. The fourth-order valence-electron chi connectivity index (χ4n) is 4.96. The molecule has 6 rings (SSSR count). The van der Waals surface area contributed by atoms with Gasteiger partial charge in [0.15, 0.2) is 5.58 Å². The first-order valence-electron chi connectivity index (χ1n) is 10.4. The molecule has 1 N–H and O–H groups in total. The van der Waals surface area contributed by atoms with Crippen molar-refractivity contribution in [3.05, 3.63) is 23.8 Å². The van der Waals surface area contributed by atoms with E-state index < -0.39 is 0 Å². The van der Waals surface area contributed by atoms with Gasteiger partial charge in [0.25, 0.3) is 11.9 Å². The van der Waals surface area contributed by atoms with Crippen molar-refractivity contribution in [3.8, 4) is 0 Å². The lowest BCUT2D eigenvalue weighted by atomic mass is 9.84. The minimum Gasteiger partial charge on any atom is -0.423 e. The maximum Gasteiger partial charge on any atom is 0.298 e. The zero-order chi connectivity index (χ0) is 19.3. The highest BCUT2D eigenvalue weighted by molar-refractivity contribution is 6.04. The van der Waals surface area contributed by atoms with E-state index in [4.69, 9.17) is 14.1 Å². The van der Waals surface area contributed by atoms with Gasteiger partial charge in [0, 0.05) is 25.7 Å². The molecule has 4 saturated heterocycles. The first-order valence-corrected chi connectivity index (χ1v) is 10.4. The molecule has 2 aromatic rings. The highest BCUT2D eigenvalue weighted by Gasteiger charge is 2.35. The van der Waals surface area contributed by atoms with Gasteiger partial charge in [-0.1, -0.05) is 6.07 Å². The van der Waals surface area contributed by atoms with Gasteiger partial charge in [0.2, 0.25) is 0 Å². The molecule has 3 atom stereocenters. The van der Waals surface area contributed by atoms with Crippen LogP contribution in [0.2, 0.25) is 0 Å². The Balaban J connectivity index is 0.00000205. The smallest absolute Gasteiger partial charge is 0.298 e. The normalized spacial score (nSPS) is 31.5. The molecule has 0 unspecified atom stereocenters. The molecule has 0 aliphatic carbocycles. The average molecular weight is 421 g/mol. The van der Waals surface area contributed by atoms with Gasteiger partial charge < -0.3 is 24.3 Å². The van der Waals surface area contributed by atoms with E-state index in [-0.39, 0.29) is 36.6 Å². The lowest BCUT2D eigenvalue weighted by Crippen LogP contribution is -2.57. The van der Waals surface area contributed by atoms with Crippen LogP contribution in [0.3, 0.4) is 0 Å². The number of piperidine rings is 3. The molecule has 7 nitrogen and oxygen atoms in total. The van der Waals surface area contributed by atoms with Gasteiger partial charge in [0.05, 0.1) is 17.8 Å². The summed E-state index contributed by atoms with van der Waals surface area (Å²) < 4.78 is 11.8. The molecule has 8 heteroatoms. The van der Waals surface area contributed by atoms with Crippen LogP contribution in [-0.4, -0.2) is 66.8 Å². The van der Waals surface area contributed by atoms with Crippen molar-refractivity contribution in [2.75, 3.05) is 37.6 Å². The molecule has 2 bridgehead atoms. The molecule has 0 spiro atoms. The summed E-state index contributed by atoms with van der Waals surface area (Å²) in [7, 11) is 0. The number of para-hydroxylation sites is 1. The fraction of sp³-hybridized carbons (Fsp3) is 0.619. The number of amides is 1. The molecular weight excluding hydrogens is 392 g/mol. The summed E-state index contributed by atoms with van der Waals surface area (Å²) in [5.41, 5.74) is 1.89. The minimum atomic E-state index is -0.0482. The molecule has 4 aliphatic heterocycles. The van der Waals surface area contributed by atoms with Crippen LogP contribution in [0.1, 0.15) is 37.0 Å². The van der Waals surface area contributed by atoms with Crippen LogP contribution >= 0.6 is 12.4 Å². The summed E-state index contributed by atoms with van der Waals surface area (Å²) in [4.78, 5) is 22.3. The Labute approximate surface area is 177 Å². The number of fused-ring (bicyclic) bond motifs is 4. The number of carbonyl (C=O) groups excluding carboxylic acids is 1. The standard InChI is InChI=1S/C21H28N4O3.ClH/c1-13-10-25(11-14(2)27-13)21-23-19-16(4-3-5-18(19)28-21)20(26)22-17-12-24-8-6-15(17)7-9-24;/h3-5,13-15,17H,6-12H2,1-2H3,(H,22,26);1H/t13-,14+,17-;/m1./s1. The molecule has 4 fully saturated rings. The van der Waals surface area contributed by atoms with Gasteiger partial charge >= 0.3 is 0 Å². The van der Waals surface area contributed by atoms with Gasteiger partial charge in [-0.3, -0.25) is 4.79 Å². The van der Waals surface area contributed by atoms with Crippen molar-refractivity contribution in [1.29, 1.82) is 0 Å². The van der Waals surface area contributed by atoms with Crippen LogP contribution in [0.4, 0.5) is 6.01 Å². The van der Waals surface area contributed by atoms with E-state index in [2.05, 4.69) is 29.0 Å². The van der Waals surface area contributed by atoms with Gasteiger partial charge in [0.1, 0.15) is 5.52 Å². The van der Waals surface area contributed by atoms with Crippen molar-refractivity contribution < 1.29 is 13.9 Å². The molecule has 29 heavy (non-hydrogen) atoms. The van der Waals surface area contributed by atoms with E-state index in [0.717, 1.165) is 32.7 Å². The number of hydrogen-bond acceptors (Lipinski definition) is 6. The molecule has 0 radical (unpaired) electrons. The topological polar surface area (TPSA) is 70.8 Å². The van der Waals surface area contributed by atoms with E-state index in [0.29, 0.717) is 28.6 Å². The van der Waals surface area contributed by atoms with Crippen LogP contribution in [0.5, 0.6) is 0 Å². The van der Waals surface area contributed by atoms with Crippen LogP contribution in [0, 0.1) is 5.92 Å². The van der Waals surface area contributed by atoms with E-state index in [1.165, 1.54) is 12.8 Å². The highest BCUT2D eigenvalue weighted by atomic mass is 35.5. The number of benzene rings is 1. The Hall–Kier alpha value is -1.83. The summed E-state index contributed by atoms with van der Waals surface area (Å²) in [6.45, 7) is 8.86. The van der Waals surface area contributed by atoms with Crippen molar-refractivity contribution in [1.82, 2.24) is 15.2 Å². The second kappa shape index (κ2) is 8.13. The number of nitrogens with zero attached hydrogens (tertiary/aromatic N) is 3. The largest absolute Gasteiger partial charge is 0.423 e. The number of aromatic nitrogens is 1. The third kappa shape index (κ3) is 3.96. The Bertz CT molecular complexity index is 870. The lowest BCUT2D eigenvalue weighted by Gasteiger charge is -2.44. The van der Waals surface area contributed by atoms with Crippen molar-refractivity contribution >= 4 is 35.4 Å². The average Bonchev–Trinajstić information content (AvgIpc) is 3.12. The second-order valence-electron chi connectivity index (χ2n) is 8.53. The minimum absolute atomic E-state index is 0. The first kappa shape index (κ1) is 20.4. The van der Waals surface area contributed by atoms with Crippen molar-refractivity contribution in [3.63, 3.8) is 0 Å². The summed E-state index contributed by atoms with van der Waals surface area (Å²) in [5.74, 6) is 0.547. The van der Waals surface area contributed by atoms with Gasteiger partial charge in [-0.25, -0.2) is 0 Å². The maximum atomic E-state index is 13.0. The zero-order valence-corrected chi connectivity index (χ0v) is 17.8. The molecule has 158 valence electrons. The third-order valence-electron chi connectivity index (χ3n) is 6.32. The summed E-state index contributed by atoms with van der Waals surface area (Å²) in [6, 6.07) is 6.39. The van der Waals surface area contributed by atoms with Gasteiger partial charge in [-0.15, -0.1) is 12.4 Å². The molecule has 4 aliphatic rings. The zero-order valence-electron chi connectivity index (χ0n) is 17.0. The number of oxazole rings is 1. The summed E-state index contributed by atoms with van der Waals surface area (Å²) in [6.07, 6.45) is 2.60. The summed E-state index contributed by atoms with van der Waals surface area (Å²) in [5, 5.41) is 3.27. The number of ether oxygens (including phenoxy) is 1. The predicted octanol–water partition coefficient (Wildman–Crippen LogP) is 2.69. The Morgan fingerprint density at radius 2 is 1.86 bits per heavy atom. The van der Waals surface area contributed by atoms with Crippen molar-refractivity contribution in [2.45, 2.75) is 44.9 Å². The van der Waals surface area contributed by atoms with E-state index in [1.54, 1.807) is 0 Å². The lowest BCUT2D eigenvalue weighted by molar-refractivity contribution is -0.00662. The fourth-order valence-corrected chi connectivity index (χ4v) is 4.96. The monoisotopic (exact) mass is 420 g/mol. The van der Waals surface area contributed by atoms with Gasteiger partial charge in [-0.05, 0) is 57.8 Å². The van der Waals surface area contributed by atoms with Crippen molar-refractivity contribution in [2.24, 2.45) is 5.92 Å². The Morgan fingerprint density at radius 3 is 2.52 bits per heavy atom. The third-order valence-corrected chi connectivity index (χ3v) is 6.32. The molecule has 1 aromatic carbocycles. The highest BCUT2D eigenvalue weighted by Crippen LogP contribution is 2.29. The molecular formula is C21H29ClN4O3. The molecule has 1 aromatic heterocycles. The Kier molecular flexibility index (Phi) is 5.73. The number of carbonyl (C=O) groups is 1. The molecule has 5 heterocycles. The van der Waals surface area contributed by atoms with Crippen LogP contribution in [-0.2, 0) is 4.74 Å². The number of morpholine rings is 1. The number of rotatable bonds is 3.